The molecule has 4 rings (SSSR count). The number of rotatable bonds is 1. The van der Waals surface area contributed by atoms with E-state index < -0.39 is 20.9 Å². The number of hydrogen-bond donors (Lipinski definition) is 2. The van der Waals surface area contributed by atoms with Crippen LogP contribution in [0, 0.1) is 16.7 Å². The highest BCUT2D eigenvalue weighted by molar-refractivity contribution is 8.01. The van der Waals surface area contributed by atoms with Gasteiger partial charge in [-0.05, 0) is 55.3 Å². The van der Waals surface area contributed by atoms with Gasteiger partial charge in [-0.15, -0.1) is 0 Å². The van der Waals surface area contributed by atoms with E-state index in [4.69, 9.17) is 4.55 Å². The van der Waals surface area contributed by atoms with Crippen molar-refractivity contribution in [2.75, 3.05) is 0 Å². The van der Waals surface area contributed by atoms with Gasteiger partial charge in [-0.3, -0.25) is 9.35 Å². The van der Waals surface area contributed by atoms with E-state index in [9.17, 15) is 13.2 Å². The highest BCUT2D eigenvalue weighted by Crippen LogP contribution is 2.66. The van der Waals surface area contributed by atoms with Gasteiger partial charge in [0.15, 0.2) is 0 Å². The topological polar surface area (TPSA) is 83.5 Å². The first-order chi connectivity index (χ1) is 8.53. The highest BCUT2D eigenvalue weighted by atomic mass is 32.2. The molecule has 0 spiro atoms. The Hall–Kier alpha value is -0.620. The third kappa shape index (κ3) is 2.18. The number of hydrogen-bond acceptors (Lipinski definition) is 3. The van der Waals surface area contributed by atoms with Crippen LogP contribution in [0.15, 0.2) is 0 Å². The van der Waals surface area contributed by atoms with Crippen LogP contribution in [-0.2, 0) is 10.1 Å². The van der Waals surface area contributed by atoms with Crippen LogP contribution >= 0.6 is 0 Å². The van der Waals surface area contributed by atoms with Gasteiger partial charge < -0.3 is 5.32 Å². The average molecular weight is 287 g/mol. The number of nitrogens with one attached hydrogen (secondary N) is 1. The van der Waals surface area contributed by atoms with Gasteiger partial charge in [0.25, 0.3) is 0 Å². The second-order valence-electron chi connectivity index (χ2n) is 7.80. The molecule has 2 atom stereocenters. The van der Waals surface area contributed by atoms with Crippen LogP contribution in [0.5, 0.6) is 0 Å². The molecule has 0 saturated heterocycles. The second kappa shape index (κ2) is 3.52. The van der Waals surface area contributed by atoms with E-state index in [1.165, 1.54) is 12.8 Å². The summed E-state index contributed by atoms with van der Waals surface area (Å²) in [6, 6.07) is 0. The fraction of sp³-hybridized carbons (Fsp3) is 0.923. The van der Waals surface area contributed by atoms with Crippen molar-refractivity contribution < 1.29 is 17.8 Å². The molecule has 0 aromatic heterocycles. The molecule has 4 bridgehead atoms. The number of carbonyl (C=O) groups is 1. The van der Waals surface area contributed by atoms with E-state index in [0.29, 0.717) is 5.92 Å². The largest absolute Gasteiger partial charge is 0.364 e. The Morgan fingerprint density at radius 1 is 1.11 bits per heavy atom. The lowest BCUT2D eigenvalue weighted by atomic mass is 9.43. The minimum atomic E-state index is -4.64. The Morgan fingerprint density at radius 3 is 2.05 bits per heavy atom. The maximum absolute atomic E-state index is 11.6. The van der Waals surface area contributed by atoms with Gasteiger partial charge in [0, 0.05) is 5.54 Å². The van der Waals surface area contributed by atoms with Crippen molar-refractivity contribution in [2.45, 2.75) is 57.9 Å². The molecule has 6 heteroatoms. The molecule has 108 valence electrons. The van der Waals surface area contributed by atoms with Gasteiger partial charge in [-0.25, -0.2) is 0 Å². The van der Waals surface area contributed by atoms with Gasteiger partial charge >= 0.3 is 15.4 Å². The summed E-state index contributed by atoms with van der Waals surface area (Å²) in [5, 5.41) is 1.40. The number of carbonyl (C=O) groups excluding carboxylic acids is 1. The molecular formula is C13H21NO4S. The molecule has 4 aliphatic rings. The molecule has 19 heavy (non-hydrogen) atoms. The van der Waals surface area contributed by atoms with Crippen molar-refractivity contribution >= 4 is 15.4 Å². The molecular weight excluding hydrogens is 266 g/mol. The smallest absolute Gasteiger partial charge is 0.335 e. The zero-order chi connectivity index (χ0) is 14.1. The third-order valence-electron chi connectivity index (χ3n) is 5.23. The Morgan fingerprint density at radius 2 is 1.63 bits per heavy atom. The molecule has 4 saturated carbocycles. The van der Waals surface area contributed by atoms with Crippen LogP contribution in [0.1, 0.15) is 52.4 Å². The van der Waals surface area contributed by atoms with Gasteiger partial charge in [0.1, 0.15) is 0 Å². The minimum Gasteiger partial charge on any atom is -0.335 e. The summed E-state index contributed by atoms with van der Waals surface area (Å²) in [4.78, 5) is 11.6. The zero-order valence-corrected chi connectivity index (χ0v) is 12.2. The molecule has 0 aromatic rings. The predicted molar refractivity (Wildman–Crippen MR) is 70.2 cm³/mol. The van der Waals surface area contributed by atoms with Gasteiger partial charge in [-0.1, -0.05) is 13.8 Å². The van der Waals surface area contributed by atoms with Crippen LogP contribution in [0.3, 0.4) is 0 Å². The van der Waals surface area contributed by atoms with Crippen LogP contribution in [0.4, 0.5) is 4.79 Å². The Labute approximate surface area is 113 Å². The molecule has 2 unspecified atom stereocenters. The van der Waals surface area contributed by atoms with Crippen molar-refractivity contribution in [1.82, 2.24) is 5.32 Å². The lowest BCUT2D eigenvalue weighted by molar-refractivity contribution is -0.112. The van der Waals surface area contributed by atoms with Crippen LogP contribution < -0.4 is 5.32 Å². The fourth-order valence-corrected chi connectivity index (χ4v) is 6.21. The Bertz CT molecular complexity index is 523. The van der Waals surface area contributed by atoms with E-state index in [-0.39, 0.29) is 10.8 Å². The van der Waals surface area contributed by atoms with Gasteiger partial charge in [0.2, 0.25) is 0 Å². The summed E-state index contributed by atoms with van der Waals surface area (Å²) in [6.45, 7) is 4.48. The van der Waals surface area contributed by atoms with Crippen molar-refractivity contribution in [3.8, 4) is 0 Å². The van der Waals surface area contributed by atoms with E-state index in [2.05, 4.69) is 19.2 Å². The molecule has 0 radical (unpaired) electrons. The van der Waals surface area contributed by atoms with Crippen molar-refractivity contribution in [3.05, 3.63) is 0 Å². The SMILES string of the molecule is CC12CC3CC(C)(C1)CC(NC(=O)S(=O)(=O)O)(C3)C2. The van der Waals surface area contributed by atoms with Crippen molar-refractivity contribution in [1.29, 1.82) is 0 Å². The van der Waals surface area contributed by atoms with E-state index in [0.717, 1.165) is 25.7 Å². The summed E-state index contributed by atoms with van der Waals surface area (Å²) in [7, 11) is -4.64. The van der Waals surface area contributed by atoms with E-state index in [1.807, 2.05) is 0 Å². The molecule has 1 amide bonds. The van der Waals surface area contributed by atoms with Crippen LogP contribution in [-0.4, -0.2) is 23.7 Å². The second-order valence-corrected chi connectivity index (χ2v) is 9.12. The molecule has 0 heterocycles. The van der Waals surface area contributed by atoms with E-state index >= 15 is 0 Å². The summed E-state index contributed by atoms with van der Waals surface area (Å²) in [6.07, 6.45) is 6.00. The minimum absolute atomic E-state index is 0.195. The summed E-state index contributed by atoms with van der Waals surface area (Å²) in [5.74, 6) is 0.563. The van der Waals surface area contributed by atoms with Crippen LogP contribution in [0.2, 0.25) is 0 Å². The first kappa shape index (κ1) is 13.4. The molecule has 2 N–H and O–H groups in total. The monoisotopic (exact) mass is 287 g/mol. The first-order valence-corrected chi connectivity index (χ1v) is 8.27. The first-order valence-electron chi connectivity index (χ1n) is 6.83. The third-order valence-corrected chi connectivity index (χ3v) is 5.80. The van der Waals surface area contributed by atoms with E-state index in [1.54, 1.807) is 0 Å². The highest BCUT2D eigenvalue weighted by Gasteiger charge is 2.60. The molecule has 0 aromatic carbocycles. The lowest BCUT2D eigenvalue weighted by Gasteiger charge is -2.65. The lowest BCUT2D eigenvalue weighted by Crippen LogP contribution is -2.65. The Balaban J connectivity index is 1.91. The van der Waals surface area contributed by atoms with Gasteiger partial charge in [-0.2, -0.15) is 8.42 Å². The summed E-state index contributed by atoms with van der Waals surface area (Å²) in [5.41, 5.74) is -0.0445. The van der Waals surface area contributed by atoms with Crippen LogP contribution in [0.25, 0.3) is 0 Å². The fourth-order valence-electron chi connectivity index (χ4n) is 5.87. The summed E-state index contributed by atoms with van der Waals surface area (Å²) < 4.78 is 30.8. The van der Waals surface area contributed by atoms with Crippen molar-refractivity contribution in [3.63, 3.8) is 0 Å². The molecule has 5 nitrogen and oxygen atoms in total. The number of amides is 1. The molecule has 4 fully saturated rings. The quantitative estimate of drug-likeness (QED) is 0.725. The zero-order valence-electron chi connectivity index (χ0n) is 11.4. The standard InChI is InChI=1S/C13H21NO4S/c1-11-3-9-4-12(2,6-11)8-13(5-9,7-11)14-10(15)19(16,17)18/h9H,3-8H2,1-2H3,(H,14,15)(H,16,17,18). The Kier molecular flexibility index (Phi) is 2.48. The van der Waals surface area contributed by atoms with Crippen molar-refractivity contribution in [2.24, 2.45) is 16.7 Å². The molecule has 0 aliphatic heterocycles. The molecule has 4 aliphatic carbocycles. The predicted octanol–water partition coefficient (Wildman–Crippen LogP) is 2.33. The summed E-state index contributed by atoms with van der Waals surface area (Å²) >= 11 is 0. The van der Waals surface area contributed by atoms with Gasteiger partial charge in [0.05, 0.1) is 0 Å². The maximum atomic E-state index is 11.6. The maximum Gasteiger partial charge on any atom is 0.364 e. The average Bonchev–Trinajstić information content (AvgIpc) is 2.07. The normalized spacial score (nSPS) is 48.3.